The number of aryl methyl sites for hydroxylation is 1. The fraction of sp³-hybridized carbons (Fsp3) is 0.143. The van der Waals surface area contributed by atoms with Crippen LogP contribution in [0.5, 0.6) is 0 Å². The van der Waals surface area contributed by atoms with Gasteiger partial charge in [-0.15, -0.1) is 0 Å². The third kappa shape index (κ3) is 5.16. The minimum absolute atomic E-state index is 0.578. The number of nitrogens with one attached hydrogen (secondary N) is 1. The van der Waals surface area contributed by atoms with E-state index in [1.807, 2.05) is 36.4 Å². The Morgan fingerprint density at radius 3 is 2.52 bits per heavy atom. The van der Waals surface area contributed by atoms with Crippen molar-refractivity contribution in [3.05, 3.63) is 57.0 Å². The first-order chi connectivity index (χ1) is 10.1. The average Bonchev–Trinajstić information content (AvgIpc) is 2.47. The first-order valence-electron chi connectivity index (χ1n) is 6.08. The van der Waals surface area contributed by atoms with Gasteiger partial charge >= 0.3 is 0 Å². The highest BCUT2D eigenvalue weighted by atomic mass is 35.5. The van der Waals surface area contributed by atoms with E-state index in [1.165, 1.54) is 11.9 Å². The van der Waals surface area contributed by atoms with Crippen molar-refractivity contribution in [3.8, 4) is 0 Å². The molecule has 7 heteroatoms. The molecule has 0 spiro atoms. The van der Waals surface area contributed by atoms with Gasteiger partial charge in [0, 0.05) is 15.7 Å². The summed E-state index contributed by atoms with van der Waals surface area (Å²) in [6.07, 6.45) is 0.889. The van der Waals surface area contributed by atoms with Gasteiger partial charge in [0.1, 0.15) is 0 Å². The predicted molar refractivity (Wildman–Crippen MR) is 97.7 cm³/mol. The first-order valence-corrected chi connectivity index (χ1v) is 9.08. The third-order valence-corrected chi connectivity index (χ3v) is 5.08. The Morgan fingerprint density at radius 2 is 1.81 bits per heavy atom. The zero-order valence-electron chi connectivity index (χ0n) is 10.9. The summed E-state index contributed by atoms with van der Waals surface area (Å²) in [5.41, 5.74) is 2.08. The van der Waals surface area contributed by atoms with Crippen LogP contribution >= 0.6 is 58.7 Å². The lowest BCUT2D eigenvalue weighted by Crippen LogP contribution is -1.96. The monoisotopic (exact) mass is 378 g/mol. The lowest BCUT2D eigenvalue weighted by molar-refractivity contribution is 1.16. The molecule has 0 atom stereocenters. The van der Waals surface area contributed by atoms with Crippen LogP contribution in [0.15, 0.2) is 41.3 Å². The summed E-state index contributed by atoms with van der Waals surface area (Å²) in [6, 6.07) is 11.3. The first kappa shape index (κ1) is 17.1. The smallest absolute Gasteiger partial charge is 0.0605 e. The zero-order chi connectivity index (χ0) is 15.2. The van der Waals surface area contributed by atoms with Gasteiger partial charge < -0.3 is 4.72 Å². The van der Waals surface area contributed by atoms with E-state index in [9.17, 15) is 0 Å². The maximum atomic E-state index is 5.99. The number of hydrogen-bond acceptors (Lipinski definition) is 4. The van der Waals surface area contributed by atoms with Crippen molar-refractivity contribution >= 4 is 64.4 Å². The minimum Gasteiger partial charge on any atom is -0.329 e. The summed E-state index contributed by atoms with van der Waals surface area (Å²) in [4.78, 5) is 0.960. The summed E-state index contributed by atoms with van der Waals surface area (Å²) in [6.45, 7) is 0. The van der Waals surface area contributed by atoms with Crippen LogP contribution < -0.4 is 9.86 Å². The van der Waals surface area contributed by atoms with E-state index in [-0.39, 0.29) is 0 Å². The molecule has 0 saturated carbocycles. The van der Waals surface area contributed by atoms with Crippen LogP contribution in [0.1, 0.15) is 5.56 Å². The molecule has 0 amide bonds. The Balaban J connectivity index is 1.87. The van der Waals surface area contributed by atoms with Crippen LogP contribution in [-0.4, -0.2) is 5.75 Å². The van der Waals surface area contributed by atoms with Crippen LogP contribution in [0.2, 0.25) is 15.1 Å². The van der Waals surface area contributed by atoms with E-state index < -0.39 is 0 Å². The molecule has 2 nitrogen and oxygen atoms in total. The maximum absolute atomic E-state index is 5.99. The average molecular weight is 380 g/mol. The van der Waals surface area contributed by atoms with Crippen LogP contribution in [-0.2, 0) is 6.42 Å². The van der Waals surface area contributed by atoms with E-state index >= 15 is 0 Å². The van der Waals surface area contributed by atoms with Gasteiger partial charge in [-0.1, -0.05) is 52.8 Å². The molecule has 0 aromatic heterocycles. The molecule has 2 aromatic carbocycles. The van der Waals surface area contributed by atoms with Crippen molar-refractivity contribution in [1.29, 1.82) is 0 Å². The highest BCUT2D eigenvalue weighted by Crippen LogP contribution is 2.29. The second-order valence-electron chi connectivity index (χ2n) is 4.21. The van der Waals surface area contributed by atoms with Gasteiger partial charge in [-0.3, -0.25) is 5.14 Å². The zero-order valence-corrected chi connectivity index (χ0v) is 14.8. The van der Waals surface area contributed by atoms with Crippen molar-refractivity contribution in [2.24, 2.45) is 5.14 Å². The number of benzene rings is 2. The Kier molecular flexibility index (Phi) is 6.86. The van der Waals surface area contributed by atoms with Gasteiger partial charge in [0.25, 0.3) is 0 Å². The Labute approximate surface area is 148 Å². The van der Waals surface area contributed by atoms with Crippen molar-refractivity contribution in [2.45, 2.75) is 11.3 Å². The van der Waals surface area contributed by atoms with Crippen molar-refractivity contribution in [3.63, 3.8) is 0 Å². The quantitative estimate of drug-likeness (QED) is 0.483. The van der Waals surface area contributed by atoms with Crippen LogP contribution in [0.4, 0.5) is 5.69 Å². The molecule has 0 aliphatic rings. The number of anilines is 1. The van der Waals surface area contributed by atoms with Crippen LogP contribution in [0.25, 0.3) is 0 Å². The lowest BCUT2D eigenvalue weighted by Gasteiger charge is -2.10. The molecule has 0 fully saturated rings. The number of hydrogen-bond donors (Lipinski definition) is 2. The topological polar surface area (TPSA) is 38.0 Å². The minimum atomic E-state index is 0.578. The summed E-state index contributed by atoms with van der Waals surface area (Å²) >= 11 is 20.7. The Bertz CT molecular complexity index is 623. The summed E-state index contributed by atoms with van der Waals surface area (Å²) < 4.78 is 3.27. The van der Waals surface area contributed by atoms with Crippen LogP contribution in [0.3, 0.4) is 0 Å². The fourth-order valence-electron chi connectivity index (χ4n) is 1.68. The van der Waals surface area contributed by atoms with E-state index in [1.54, 1.807) is 11.9 Å². The van der Waals surface area contributed by atoms with Gasteiger partial charge in [-0.25, -0.2) is 0 Å². The SMILES string of the molecule is NSc1ccc(Cl)cc1NSCCc1ccc(Cl)c(Cl)c1. The largest absolute Gasteiger partial charge is 0.329 e. The van der Waals surface area contributed by atoms with E-state index in [0.29, 0.717) is 15.1 Å². The van der Waals surface area contributed by atoms with Gasteiger partial charge in [0.05, 0.1) is 15.7 Å². The molecule has 21 heavy (non-hydrogen) atoms. The van der Waals surface area contributed by atoms with Gasteiger partial charge in [0.2, 0.25) is 0 Å². The molecule has 2 aromatic rings. The number of nitrogens with two attached hydrogens (primary N) is 1. The van der Waals surface area contributed by atoms with E-state index in [0.717, 1.165) is 28.3 Å². The molecular formula is C14H13Cl3N2S2. The van der Waals surface area contributed by atoms with E-state index in [4.69, 9.17) is 39.9 Å². The molecule has 0 bridgehead atoms. The van der Waals surface area contributed by atoms with Gasteiger partial charge in [0.15, 0.2) is 0 Å². The second kappa shape index (κ2) is 8.42. The summed E-state index contributed by atoms with van der Waals surface area (Å²) in [7, 11) is 0. The molecule has 112 valence electrons. The Morgan fingerprint density at radius 1 is 1.00 bits per heavy atom. The normalized spacial score (nSPS) is 10.7. The second-order valence-corrected chi connectivity index (χ2v) is 7.03. The molecule has 0 radical (unpaired) electrons. The highest BCUT2D eigenvalue weighted by Gasteiger charge is 2.04. The van der Waals surface area contributed by atoms with Gasteiger partial charge in [-0.2, -0.15) is 0 Å². The van der Waals surface area contributed by atoms with Gasteiger partial charge in [-0.05, 0) is 54.3 Å². The number of rotatable bonds is 6. The predicted octanol–water partition coefficient (Wildman–Crippen LogP) is 5.92. The van der Waals surface area contributed by atoms with Crippen molar-refractivity contribution < 1.29 is 0 Å². The summed E-state index contributed by atoms with van der Waals surface area (Å²) in [5, 5.41) is 7.47. The van der Waals surface area contributed by atoms with Crippen molar-refractivity contribution in [2.75, 3.05) is 10.5 Å². The highest BCUT2D eigenvalue weighted by molar-refractivity contribution is 8.00. The lowest BCUT2D eigenvalue weighted by atomic mass is 10.2. The van der Waals surface area contributed by atoms with Crippen LogP contribution in [0, 0.1) is 0 Å². The Hall–Kier alpha value is -0.230. The third-order valence-electron chi connectivity index (χ3n) is 2.73. The maximum Gasteiger partial charge on any atom is 0.0605 e. The molecular weight excluding hydrogens is 367 g/mol. The molecule has 0 aliphatic carbocycles. The number of halogens is 3. The molecule has 0 saturated heterocycles. The molecule has 0 heterocycles. The summed E-state index contributed by atoms with van der Waals surface area (Å²) in [5.74, 6) is 0.888. The fourth-order valence-corrected chi connectivity index (χ4v) is 3.38. The molecule has 2 rings (SSSR count). The van der Waals surface area contributed by atoms with E-state index in [2.05, 4.69) is 4.72 Å². The molecule has 0 unspecified atom stereocenters. The molecule has 3 N–H and O–H groups in total. The van der Waals surface area contributed by atoms with Crippen molar-refractivity contribution in [1.82, 2.24) is 0 Å². The standard InChI is InChI=1S/C14H13Cl3N2S2/c15-10-2-4-14(21-18)13(8-10)19-20-6-5-9-1-3-11(16)12(17)7-9/h1-4,7-8,19H,5-6,18H2. The molecule has 0 aliphatic heterocycles.